The summed E-state index contributed by atoms with van der Waals surface area (Å²) in [6.07, 6.45) is 12.6. The second-order valence-electron chi connectivity index (χ2n) is 10.2. The van der Waals surface area contributed by atoms with Crippen LogP contribution < -0.4 is 10.6 Å². The topological polar surface area (TPSA) is 98.8 Å². The largest absolute Gasteiger partial charge is 0.355 e. The average molecular weight is 477 g/mol. The minimum atomic E-state index is -0.184. The highest BCUT2D eigenvalue weighted by Gasteiger charge is 2.31. The highest BCUT2D eigenvalue weighted by molar-refractivity contribution is 5.83. The molecule has 8 heteroatoms. The molecule has 34 heavy (non-hydrogen) atoms. The van der Waals surface area contributed by atoms with Crippen molar-refractivity contribution in [3.63, 3.8) is 0 Å². The Morgan fingerprint density at radius 2 is 0.941 bits per heavy atom. The summed E-state index contributed by atoms with van der Waals surface area (Å²) in [6, 6.07) is 0. The van der Waals surface area contributed by atoms with Crippen molar-refractivity contribution in [2.75, 3.05) is 39.3 Å². The third-order valence-corrected chi connectivity index (χ3v) is 7.61. The molecule has 3 aliphatic rings. The average Bonchev–Trinajstić information content (AvgIpc) is 3.29. The van der Waals surface area contributed by atoms with Crippen LogP contribution in [0.25, 0.3) is 0 Å². The molecule has 2 unspecified atom stereocenters. The fourth-order valence-corrected chi connectivity index (χ4v) is 5.50. The van der Waals surface area contributed by atoms with Crippen LogP contribution in [0.2, 0.25) is 0 Å². The van der Waals surface area contributed by atoms with Gasteiger partial charge in [0.2, 0.25) is 23.6 Å². The van der Waals surface area contributed by atoms with Crippen LogP contribution in [0.3, 0.4) is 0 Å². The first-order valence-electron chi connectivity index (χ1n) is 13.7. The van der Waals surface area contributed by atoms with E-state index < -0.39 is 0 Å². The van der Waals surface area contributed by atoms with Crippen LogP contribution in [0.4, 0.5) is 0 Å². The van der Waals surface area contributed by atoms with E-state index in [-0.39, 0.29) is 35.5 Å². The van der Waals surface area contributed by atoms with Gasteiger partial charge in [0.1, 0.15) is 0 Å². The summed E-state index contributed by atoms with van der Waals surface area (Å²) in [5.41, 5.74) is 0. The summed E-state index contributed by atoms with van der Waals surface area (Å²) < 4.78 is 0. The van der Waals surface area contributed by atoms with Gasteiger partial charge in [-0.25, -0.2) is 0 Å². The third-order valence-electron chi connectivity index (χ3n) is 7.61. The van der Waals surface area contributed by atoms with Crippen LogP contribution in [0.15, 0.2) is 0 Å². The molecule has 4 amide bonds. The van der Waals surface area contributed by atoms with E-state index in [1.54, 1.807) is 0 Å². The SMILES string of the molecule is O=C(NCCC(=O)N1CCCCCC1)C1CCCC(C(=O)NCCC(=O)N2CCCCCC2)C1. The molecule has 1 aliphatic carbocycles. The number of hydrogen-bond acceptors (Lipinski definition) is 4. The van der Waals surface area contributed by atoms with Gasteiger partial charge in [-0.15, -0.1) is 0 Å². The maximum atomic E-state index is 12.7. The van der Waals surface area contributed by atoms with Gasteiger partial charge in [0, 0.05) is 63.9 Å². The van der Waals surface area contributed by atoms with Crippen LogP contribution >= 0.6 is 0 Å². The van der Waals surface area contributed by atoms with Crippen molar-refractivity contribution in [3.8, 4) is 0 Å². The number of carbonyl (C=O) groups is 4. The van der Waals surface area contributed by atoms with E-state index in [9.17, 15) is 19.2 Å². The smallest absolute Gasteiger partial charge is 0.224 e. The molecule has 2 atom stereocenters. The van der Waals surface area contributed by atoms with E-state index in [0.29, 0.717) is 32.4 Å². The van der Waals surface area contributed by atoms with E-state index in [4.69, 9.17) is 0 Å². The van der Waals surface area contributed by atoms with Gasteiger partial charge in [-0.3, -0.25) is 19.2 Å². The molecule has 0 aromatic carbocycles. The van der Waals surface area contributed by atoms with Crippen LogP contribution in [0, 0.1) is 11.8 Å². The standard InChI is InChI=1S/C26H44N4O4/c31-23(29-16-5-1-2-6-17-29)12-14-27-25(33)21-10-9-11-22(20-21)26(34)28-15-13-24(32)30-18-7-3-4-8-19-30/h21-22H,1-20H2,(H,27,33)(H,28,34). The normalized spacial score (nSPS) is 24.0. The van der Waals surface area contributed by atoms with Gasteiger partial charge in [0.15, 0.2) is 0 Å². The lowest BCUT2D eigenvalue weighted by atomic mass is 9.80. The molecule has 2 N–H and O–H groups in total. The number of rotatable bonds is 8. The molecule has 3 fully saturated rings. The second-order valence-corrected chi connectivity index (χ2v) is 10.2. The van der Waals surface area contributed by atoms with Crippen molar-refractivity contribution >= 4 is 23.6 Å². The lowest BCUT2D eigenvalue weighted by molar-refractivity contribution is -0.132. The lowest BCUT2D eigenvalue weighted by Gasteiger charge is -2.28. The fourth-order valence-electron chi connectivity index (χ4n) is 5.50. The Balaban J connectivity index is 1.33. The summed E-state index contributed by atoms with van der Waals surface area (Å²) >= 11 is 0. The van der Waals surface area contributed by atoms with Crippen molar-refractivity contribution in [3.05, 3.63) is 0 Å². The van der Waals surface area contributed by atoms with Crippen molar-refractivity contribution < 1.29 is 19.2 Å². The predicted molar refractivity (Wildman–Crippen MR) is 131 cm³/mol. The number of likely N-dealkylation sites (tertiary alicyclic amines) is 2. The van der Waals surface area contributed by atoms with Crippen molar-refractivity contribution in [2.45, 2.75) is 89.9 Å². The zero-order valence-corrected chi connectivity index (χ0v) is 20.8. The van der Waals surface area contributed by atoms with Gasteiger partial charge in [0.05, 0.1) is 0 Å². The molecule has 8 nitrogen and oxygen atoms in total. The van der Waals surface area contributed by atoms with E-state index in [2.05, 4.69) is 10.6 Å². The minimum Gasteiger partial charge on any atom is -0.355 e. The molecular formula is C26H44N4O4. The number of amides is 4. The highest BCUT2D eigenvalue weighted by Crippen LogP contribution is 2.29. The highest BCUT2D eigenvalue weighted by atomic mass is 16.2. The number of hydrogen-bond donors (Lipinski definition) is 2. The first kappa shape index (κ1) is 26.5. The summed E-state index contributed by atoms with van der Waals surface area (Å²) in [5, 5.41) is 5.86. The Labute approximate surface area is 204 Å². The molecule has 1 saturated carbocycles. The zero-order valence-electron chi connectivity index (χ0n) is 20.8. The van der Waals surface area contributed by atoms with E-state index in [1.807, 2.05) is 9.80 Å². The lowest BCUT2D eigenvalue weighted by Crippen LogP contribution is -2.41. The first-order chi connectivity index (χ1) is 16.5. The van der Waals surface area contributed by atoms with Crippen molar-refractivity contribution in [2.24, 2.45) is 11.8 Å². The van der Waals surface area contributed by atoms with Gasteiger partial charge in [-0.05, 0) is 44.9 Å². The van der Waals surface area contributed by atoms with E-state index in [0.717, 1.165) is 71.1 Å². The van der Waals surface area contributed by atoms with Crippen LogP contribution in [-0.4, -0.2) is 72.7 Å². The van der Waals surface area contributed by atoms with Gasteiger partial charge in [-0.1, -0.05) is 32.1 Å². The van der Waals surface area contributed by atoms with E-state index in [1.165, 1.54) is 25.7 Å². The monoisotopic (exact) mass is 476 g/mol. The third kappa shape index (κ3) is 8.58. The zero-order chi connectivity index (χ0) is 24.2. The maximum Gasteiger partial charge on any atom is 0.224 e. The summed E-state index contributed by atoms with van der Waals surface area (Å²) in [6.45, 7) is 4.04. The van der Waals surface area contributed by atoms with Gasteiger partial charge >= 0.3 is 0 Å². The van der Waals surface area contributed by atoms with Crippen LogP contribution in [0.5, 0.6) is 0 Å². The summed E-state index contributed by atoms with van der Waals surface area (Å²) in [4.78, 5) is 54.0. The molecule has 192 valence electrons. The molecule has 3 rings (SSSR count). The van der Waals surface area contributed by atoms with Gasteiger partial charge in [0.25, 0.3) is 0 Å². The van der Waals surface area contributed by atoms with Crippen LogP contribution in [-0.2, 0) is 19.2 Å². The minimum absolute atomic E-state index is 0.0440. The van der Waals surface area contributed by atoms with Gasteiger partial charge < -0.3 is 20.4 Å². The van der Waals surface area contributed by atoms with E-state index >= 15 is 0 Å². The Kier molecular flexibility index (Phi) is 11.2. The van der Waals surface area contributed by atoms with Crippen LogP contribution in [0.1, 0.15) is 89.9 Å². The maximum absolute atomic E-state index is 12.7. The first-order valence-corrected chi connectivity index (χ1v) is 13.7. The Hall–Kier alpha value is -2.12. The fraction of sp³-hybridized carbons (Fsp3) is 0.846. The molecule has 0 radical (unpaired) electrons. The molecular weight excluding hydrogens is 432 g/mol. The second kappa shape index (κ2) is 14.3. The van der Waals surface area contributed by atoms with Crippen molar-refractivity contribution in [1.82, 2.24) is 20.4 Å². The van der Waals surface area contributed by atoms with Crippen molar-refractivity contribution in [1.29, 1.82) is 0 Å². The Morgan fingerprint density at radius 3 is 1.32 bits per heavy atom. The predicted octanol–water partition coefficient (Wildman–Crippen LogP) is 2.61. The molecule has 0 spiro atoms. The van der Waals surface area contributed by atoms with Gasteiger partial charge in [-0.2, -0.15) is 0 Å². The summed E-state index contributed by atoms with van der Waals surface area (Å²) in [5.74, 6) is -0.210. The molecule has 0 bridgehead atoms. The quantitative estimate of drug-likeness (QED) is 0.563. The summed E-state index contributed by atoms with van der Waals surface area (Å²) in [7, 11) is 0. The molecule has 2 aliphatic heterocycles. The molecule has 0 aromatic heterocycles. The molecule has 0 aromatic rings. The number of nitrogens with zero attached hydrogens (tertiary/aromatic N) is 2. The molecule has 2 saturated heterocycles. The number of carbonyl (C=O) groups excluding carboxylic acids is 4. The molecule has 2 heterocycles. The number of nitrogens with one attached hydrogen (secondary N) is 2. The Morgan fingerprint density at radius 1 is 0.559 bits per heavy atom. The Bertz CT molecular complexity index is 626.